The van der Waals surface area contributed by atoms with E-state index in [0.717, 1.165) is 82.0 Å². The molecule has 1 saturated heterocycles. The van der Waals surface area contributed by atoms with Crippen LogP contribution in [-0.4, -0.2) is 75.5 Å². The zero-order valence-corrected chi connectivity index (χ0v) is 18.9. The van der Waals surface area contributed by atoms with Crippen LogP contribution in [0.15, 0.2) is 21.8 Å². The molecule has 4 heterocycles. The van der Waals surface area contributed by atoms with Gasteiger partial charge >= 0.3 is 0 Å². The fourth-order valence-corrected chi connectivity index (χ4v) is 3.93. The molecule has 0 spiro atoms. The number of aryl methyl sites for hydroxylation is 2. The van der Waals surface area contributed by atoms with E-state index in [1.165, 1.54) is 0 Å². The molecule has 1 atom stereocenters. The summed E-state index contributed by atoms with van der Waals surface area (Å²) < 4.78 is 7.17. The van der Waals surface area contributed by atoms with E-state index in [1.807, 2.05) is 20.0 Å². The third-order valence-corrected chi connectivity index (χ3v) is 5.54. The number of guanidine groups is 1. The lowest BCUT2D eigenvalue weighted by atomic mass is 9.99. The number of nitrogens with zero attached hydrogens (tertiary/aromatic N) is 7. The number of aromatic nitrogens is 4. The molecule has 1 fully saturated rings. The monoisotopic (exact) mass is 500 g/mol. The lowest BCUT2D eigenvalue weighted by molar-refractivity contribution is 0.168. The first kappa shape index (κ1) is 21.0. The van der Waals surface area contributed by atoms with Crippen LogP contribution in [0, 0.1) is 12.8 Å². The predicted molar refractivity (Wildman–Crippen MR) is 117 cm³/mol. The quantitative estimate of drug-likeness (QED) is 0.383. The summed E-state index contributed by atoms with van der Waals surface area (Å²) in [5.74, 6) is 3.72. The predicted octanol–water partition coefficient (Wildman–Crippen LogP) is 1.15. The van der Waals surface area contributed by atoms with Gasteiger partial charge in [-0.15, -0.1) is 34.2 Å². The highest BCUT2D eigenvalue weighted by Gasteiger charge is 2.24. The van der Waals surface area contributed by atoms with Gasteiger partial charge in [-0.1, -0.05) is 5.16 Å². The van der Waals surface area contributed by atoms with Crippen LogP contribution in [-0.2, 0) is 19.5 Å². The van der Waals surface area contributed by atoms with Crippen molar-refractivity contribution in [3.05, 3.63) is 29.7 Å². The van der Waals surface area contributed by atoms with E-state index >= 15 is 0 Å². The second-order valence-corrected chi connectivity index (χ2v) is 7.36. The van der Waals surface area contributed by atoms with Crippen LogP contribution in [0.4, 0.5) is 0 Å². The summed E-state index contributed by atoms with van der Waals surface area (Å²) in [5, 5.41) is 16.0. The minimum absolute atomic E-state index is 0. The Labute approximate surface area is 182 Å². The molecular formula is C18H29IN8O. The lowest BCUT2D eigenvalue weighted by Crippen LogP contribution is -2.53. The number of aliphatic imine (C=N–C) groups is 1. The van der Waals surface area contributed by atoms with Gasteiger partial charge in [0.1, 0.15) is 17.9 Å². The van der Waals surface area contributed by atoms with E-state index < -0.39 is 0 Å². The summed E-state index contributed by atoms with van der Waals surface area (Å²) in [7, 11) is 1.87. The molecule has 10 heteroatoms. The Morgan fingerprint density at radius 3 is 2.82 bits per heavy atom. The molecule has 0 aromatic carbocycles. The molecule has 2 aliphatic heterocycles. The maximum absolute atomic E-state index is 4.92. The van der Waals surface area contributed by atoms with Crippen LogP contribution in [0.1, 0.15) is 23.8 Å². The van der Waals surface area contributed by atoms with Gasteiger partial charge in [-0.2, -0.15) is 0 Å². The molecule has 0 aliphatic carbocycles. The molecule has 9 nitrogen and oxygen atoms in total. The van der Waals surface area contributed by atoms with E-state index in [9.17, 15) is 0 Å². The summed E-state index contributed by atoms with van der Waals surface area (Å²) in [6.07, 6.45) is 3.78. The van der Waals surface area contributed by atoms with Crippen molar-refractivity contribution in [1.82, 2.24) is 35.0 Å². The number of fused-ring (bicyclic) bond motifs is 1. The van der Waals surface area contributed by atoms with Gasteiger partial charge in [0.25, 0.3) is 0 Å². The van der Waals surface area contributed by atoms with Gasteiger partial charge in [-0.05, 0) is 19.3 Å². The SMILES string of the molecule is CN=C(NCC1CCc2nnc(C)n2C1)N1CCN(Cc2ccon2)CC1.I. The number of rotatable bonds is 4. The number of hydrogen-bond donors (Lipinski definition) is 1. The number of hydrogen-bond acceptors (Lipinski definition) is 6. The zero-order chi connectivity index (χ0) is 18.6. The first-order chi connectivity index (χ1) is 13.2. The fourth-order valence-electron chi connectivity index (χ4n) is 3.93. The van der Waals surface area contributed by atoms with Gasteiger partial charge in [-0.3, -0.25) is 9.89 Å². The van der Waals surface area contributed by atoms with Gasteiger partial charge in [0, 0.05) is 65.3 Å². The van der Waals surface area contributed by atoms with E-state index in [4.69, 9.17) is 4.52 Å². The third-order valence-electron chi connectivity index (χ3n) is 5.54. The Morgan fingerprint density at radius 2 is 2.11 bits per heavy atom. The molecule has 1 unspecified atom stereocenters. The Hall–Kier alpha value is -1.69. The first-order valence-corrected chi connectivity index (χ1v) is 9.69. The second-order valence-electron chi connectivity index (χ2n) is 7.36. The van der Waals surface area contributed by atoms with Gasteiger partial charge in [-0.25, -0.2) is 0 Å². The number of nitrogens with one attached hydrogen (secondary N) is 1. The second kappa shape index (κ2) is 9.68. The average Bonchev–Trinajstić information content (AvgIpc) is 3.33. The molecule has 1 N–H and O–H groups in total. The first-order valence-electron chi connectivity index (χ1n) is 9.69. The third kappa shape index (κ3) is 4.83. The molecule has 2 aromatic rings. The Balaban J connectivity index is 0.00000225. The maximum atomic E-state index is 4.92. The summed E-state index contributed by atoms with van der Waals surface area (Å²) in [6.45, 7) is 8.74. The fraction of sp³-hybridized carbons (Fsp3) is 0.667. The molecule has 0 amide bonds. The highest BCUT2D eigenvalue weighted by Crippen LogP contribution is 2.19. The van der Waals surface area contributed by atoms with Crippen LogP contribution >= 0.6 is 24.0 Å². The van der Waals surface area contributed by atoms with Crippen molar-refractivity contribution in [1.29, 1.82) is 0 Å². The van der Waals surface area contributed by atoms with Crippen molar-refractivity contribution in [3.8, 4) is 0 Å². The van der Waals surface area contributed by atoms with Crippen molar-refractivity contribution in [2.45, 2.75) is 32.9 Å². The standard InChI is InChI=1S/C18H28N8O.HI/c1-14-21-22-17-4-3-15(12-26(14)17)11-20-18(19-2)25-8-6-24(7-9-25)13-16-5-10-27-23-16;/h5,10,15H,3-4,6-9,11-13H2,1-2H3,(H,19,20);1H. The van der Waals surface area contributed by atoms with Gasteiger partial charge in [0.2, 0.25) is 0 Å². The molecule has 154 valence electrons. The van der Waals surface area contributed by atoms with E-state index in [0.29, 0.717) is 5.92 Å². The van der Waals surface area contributed by atoms with Crippen LogP contribution in [0.3, 0.4) is 0 Å². The molecule has 2 aromatic heterocycles. The minimum Gasteiger partial charge on any atom is -0.364 e. The van der Waals surface area contributed by atoms with Gasteiger partial charge in [0.05, 0.1) is 5.69 Å². The van der Waals surface area contributed by atoms with E-state index in [1.54, 1.807) is 6.26 Å². The van der Waals surface area contributed by atoms with Gasteiger partial charge in [0.15, 0.2) is 5.96 Å². The van der Waals surface area contributed by atoms with Crippen molar-refractivity contribution in [3.63, 3.8) is 0 Å². The largest absolute Gasteiger partial charge is 0.364 e. The molecular weight excluding hydrogens is 471 g/mol. The molecule has 28 heavy (non-hydrogen) atoms. The smallest absolute Gasteiger partial charge is 0.193 e. The highest BCUT2D eigenvalue weighted by atomic mass is 127. The molecule has 0 saturated carbocycles. The maximum Gasteiger partial charge on any atom is 0.193 e. The van der Waals surface area contributed by atoms with Crippen molar-refractivity contribution < 1.29 is 4.52 Å². The zero-order valence-electron chi connectivity index (χ0n) is 16.5. The normalized spacial score (nSPS) is 20.6. The summed E-state index contributed by atoms with van der Waals surface area (Å²) in [6, 6.07) is 1.93. The molecule has 4 rings (SSSR count). The van der Waals surface area contributed by atoms with Gasteiger partial charge < -0.3 is 19.3 Å². The topological polar surface area (TPSA) is 87.6 Å². The van der Waals surface area contributed by atoms with Crippen LogP contribution < -0.4 is 5.32 Å². The Kier molecular flexibility index (Phi) is 7.27. The van der Waals surface area contributed by atoms with Crippen LogP contribution in [0.5, 0.6) is 0 Å². The highest BCUT2D eigenvalue weighted by molar-refractivity contribution is 14.0. The number of piperazine rings is 1. The molecule has 0 bridgehead atoms. The molecule has 2 aliphatic rings. The van der Waals surface area contributed by atoms with E-state index in [-0.39, 0.29) is 24.0 Å². The summed E-state index contributed by atoms with van der Waals surface area (Å²) in [5.41, 5.74) is 0.993. The summed E-state index contributed by atoms with van der Waals surface area (Å²) >= 11 is 0. The number of halogens is 1. The van der Waals surface area contributed by atoms with Crippen molar-refractivity contribution in [2.24, 2.45) is 10.9 Å². The van der Waals surface area contributed by atoms with Crippen LogP contribution in [0.2, 0.25) is 0 Å². The van der Waals surface area contributed by atoms with Crippen LogP contribution in [0.25, 0.3) is 0 Å². The minimum atomic E-state index is 0. The van der Waals surface area contributed by atoms with Crippen molar-refractivity contribution >= 4 is 29.9 Å². The van der Waals surface area contributed by atoms with E-state index in [2.05, 4.69) is 40.0 Å². The summed E-state index contributed by atoms with van der Waals surface area (Å²) in [4.78, 5) is 9.25. The average molecular weight is 500 g/mol. The Bertz CT molecular complexity index is 767. The Morgan fingerprint density at radius 1 is 1.29 bits per heavy atom. The lowest BCUT2D eigenvalue weighted by Gasteiger charge is -2.36. The van der Waals surface area contributed by atoms with Crippen molar-refractivity contribution in [2.75, 3.05) is 39.8 Å². The molecule has 0 radical (unpaired) electrons.